The third-order valence-electron chi connectivity index (χ3n) is 3.76. The Balaban J connectivity index is 1.75. The van der Waals surface area contributed by atoms with Crippen LogP contribution in [0.4, 0.5) is 8.78 Å². The van der Waals surface area contributed by atoms with E-state index in [0.717, 1.165) is 34.0 Å². The van der Waals surface area contributed by atoms with E-state index in [1.807, 2.05) is 6.07 Å². The molecular formula is C16H14BrF2N. The second kappa shape index (κ2) is 5.62. The minimum Gasteiger partial charge on any atom is -0.306 e. The fourth-order valence-corrected chi connectivity index (χ4v) is 3.12. The average Bonchev–Trinajstić information content (AvgIpc) is 2.85. The Bertz CT molecular complexity index is 642. The minimum absolute atomic E-state index is 0.126. The maximum Gasteiger partial charge on any atom is 0.126 e. The largest absolute Gasteiger partial charge is 0.306 e. The number of halogens is 3. The van der Waals surface area contributed by atoms with Crippen LogP contribution in [-0.4, -0.2) is 0 Å². The van der Waals surface area contributed by atoms with E-state index in [9.17, 15) is 8.78 Å². The second-order valence-electron chi connectivity index (χ2n) is 5.02. The van der Waals surface area contributed by atoms with Crippen LogP contribution >= 0.6 is 15.9 Å². The summed E-state index contributed by atoms with van der Waals surface area (Å²) in [6, 6.07) is 9.98. The van der Waals surface area contributed by atoms with Crippen molar-refractivity contribution in [3.63, 3.8) is 0 Å². The molecule has 1 aliphatic rings. The Morgan fingerprint density at radius 1 is 1.20 bits per heavy atom. The van der Waals surface area contributed by atoms with E-state index in [0.29, 0.717) is 6.54 Å². The lowest BCUT2D eigenvalue weighted by atomic mass is 10.1. The van der Waals surface area contributed by atoms with Gasteiger partial charge >= 0.3 is 0 Å². The van der Waals surface area contributed by atoms with Gasteiger partial charge in [0, 0.05) is 17.1 Å². The maximum atomic E-state index is 13.7. The van der Waals surface area contributed by atoms with Gasteiger partial charge in [0.25, 0.3) is 0 Å². The number of hydrogen-bond donors (Lipinski definition) is 1. The van der Waals surface area contributed by atoms with Crippen LogP contribution in [0.1, 0.15) is 29.2 Å². The van der Waals surface area contributed by atoms with Crippen molar-refractivity contribution in [2.75, 3.05) is 0 Å². The van der Waals surface area contributed by atoms with Gasteiger partial charge in [-0.25, -0.2) is 8.78 Å². The van der Waals surface area contributed by atoms with Crippen molar-refractivity contribution in [3.8, 4) is 0 Å². The zero-order valence-corrected chi connectivity index (χ0v) is 12.4. The highest BCUT2D eigenvalue weighted by molar-refractivity contribution is 9.10. The molecule has 1 aliphatic carbocycles. The molecule has 0 radical (unpaired) electrons. The summed E-state index contributed by atoms with van der Waals surface area (Å²) in [5.41, 5.74) is 2.70. The maximum absolute atomic E-state index is 13.7. The molecule has 1 N–H and O–H groups in total. The van der Waals surface area contributed by atoms with Crippen molar-refractivity contribution in [1.82, 2.24) is 5.32 Å². The molecule has 0 bridgehead atoms. The van der Waals surface area contributed by atoms with E-state index < -0.39 is 0 Å². The van der Waals surface area contributed by atoms with Gasteiger partial charge in [-0.1, -0.05) is 28.1 Å². The van der Waals surface area contributed by atoms with Crippen molar-refractivity contribution in [2.24, 2.45) is 0 Å². The molecule has 1 atom stereocenters. The topological polar surface area (TPSA) is 12.0 Å². The molecular weight excluding hydrogens is 324 g/mol. The minimum atomic E-state index is -0.247. The van der Waals surface area contributed by atoms with E-state index in [1.54, 1.807) is 12.1 Å². The van der Waals surface area contributed by atoms with Gasteiger partial charge in [-0.05, 0) is 53.8 Å². The van der Waals surface area contributed by atoms with Crippen LogP contribution < -0.4 is 5.32 Å². The quantitative estimate of drug-likeness (QED) is 0.869. The first-order valence-corrected chi connectivity index (χ1v) is 7.39. The van der Waals surface area contributed by atoms with Crippen LogP contribution in [0.25, 0.3) is 0 Å². The Morgan fingerprint density at radius 2 is 2.05 bits per heavy atom. The number of benzene rings is 2. The van der Waals surface area contributed by atoms with Gasteiger partial charge in [-0.15, -0.1) is 0 Å². The molecule has 3 rings (SSSR count). The summed E-state index contributed by atoms with van der Waals surface area (Å²) in [5.74, 6) is -0.374. The average molecular weight is 338 g/mol. The van der Waals surface area contributed by atoms with Gasteiger partial charge in [0.1, 0.15) is 11.6 Å². The van der Waals surface area contributed by atoms with Crippen molar-refractivity contribution in [3.05, 3.63) is 69.2 Å². The van der Waals surface area contributed by atoms with E-state index in [1.165, 1.54) is 18.2 Å². The third-order valence-corrected chi connectivity index (χ3v) is 4.53. The number of nitrogens with one attached hydrogen (secondary N) is 1. The predicted octanol–water partition coefficient (Wildman–Crippen LogP) is 4.50. The smallest absolute Gasteiger partial charge is 0.126 e. The Morgan fingerprint density at radius 3 is 2.90 bits per heavy atom. The molecule has 0 aliphatic heterocycles. The SMILES string of the molecule is Fc1ccc(Br)c(CNC2CCc3c(F)cccc32)c1. The summed E-state index contributed by atoms with van der Waals surface area (Å²) in [7, 11) is 0. The second-order valence-corrected chi connectivity index (χ2v) is 5.87. The van der Waals surface area contributed by atoms with Crippen LogP contribution in [0.15, 0.2) is 40.9 Å². The van der Waals surface area contributed by atoms with Crippen molar-refractivity contribution in [1.29, 1.82) is 0 Å². The monoisotopic (exact) mass is 337 g/mol. The van der Waals surface area contributed by atoms with Crippen molar-refractivity contribution < 1.29 is 8.78 Å². The van der Waals surface area contributed by atoms with Gasteiger partial charge in [0.2, 0.25) is 0 Å². The molecule has 0 aromatic heterocycles. The third kappa shape index (κ3) is 2.63. The van der Waals surface area contributed by atoms with E-state index >= 15 is 0 Å². The standard InChI is InChI=1S/C16H14BrF2N/c17-14-6-4-11(18)8-10(14)9-20-16-7-5-12-13(16)2-1-3-15(12)19/h1-4,6,8,16,20H,5,7,9H2. The molecule has 1 nitrogen and oxygen atoms in total. The zero-order chi connectivity index (χ0) is 14.1. The van der Waals surface area contributed by atoms with Gasteiger partial charge in [0.05, 0.1) is 0 Å². The lowest BCUT2D eigenvalue weighted by Crippen LogP contribution is -2.19. The van der Waals surface area contributed by atoms with Crippen LogP contribution in [-0.2, 0) is 13.0 Å². The van der Waals surface area contributed by atoms with Gasteiger partial charge in [-0.2, -0.15) is 0 Å². The van der Waals surface area contributed by atoms with Gasteiger partial charge < -0.3 is 5.32 Å². The molecule has 0 fully saturated rings. The lowest BCUT2D eigenvalue weighted by molar-refractivity contribution is 0.527. The van der Waals surface area contributed by atoms with Crippen LogP contribution in [0.5, 0.6) is 0 Å². The number of rotatable bonds is 3. The Labute approximate surface area is 125 Å². The first kappa shape index (κ1) is 13.7. The van der Waals surface area contributed by atoms with Gasteiger partial charge in [0.15, 0.2) is 0 Å². The van der Waals surface area contributed by atoms with Crippen LogP contribution in [0, 0.1) is 11.6 Å². The highest BCUT2D eigenvalue weighted by atomic mass is 79.9. The van der Waals surface area contributed by atoms with E-state index in [2.05, 4.69) is 21.2 Å². The molecule has 2 aromatic rings. The zero-order valence-electron chi connectivity index (χ0n) is 10.8. The summed E-state index contributed by atoms with van der Waals surface area (Å²) in [6.07, 6.45) is 1.63. The first-order valence-electron chi connectivity index (χ1n) is 6.60. The highest BCUT2D eigenvalue weighted by Gasteiger charge is 2.24. The first-order chi connectivity index (χ1) is 9.65. The summed E-state index contributed by atoms with van der Waals surface area (Å²) < 4.78 is 27.8. The fraction of sp³-hybridized carbons (Fsp3) is 0.250. The fourth-order valence-electron chi connectivity index (χ4n) is 2.73. The normalized spacial score (nSPS) is 17.2. The summed E-state index contributed by atoms with van der Waals surface area (Å²) in [4.78, 5) is 0. The molecule has 0 amide bonds. The molecule has 2 aromatic carbocycles. The van der Waals surface area contributed by atoms with E-state index in [4.69, 9.17) is 0 Å². The molecule has 0 spiro atoms. The number of hydrogen-bond acceptors (Lipinski definition) is 1. The highest BCUT2D eigenvalue weighted by Crippen LogP contribution is 2.33. The van der Waals surface area contributed by atoms with Gasteiger partial charge in [-0.3, -0.25) is 0 Å². The Kier molecular flexibility index (Phi) is 3.85. The summed E-state index contributed by atoms with van der Waals surface area (Å²) in [5, 5.41) is 3.39. The van der Waals surface area contributed by atoms with Crippen LogP contribution in [0.3, 0.4) is 0 Å². The lowest BCUT2D eigenvalue weighted by Gasteiger charge is -2.15. The molecule has 104 valence electrons. The molecule has 1 unspecified atom stereocenters. The molecule has 20 heavy (non-hydrogen) atoms. The molecule has 0 heterocycles. The molecule has 4 heteroatoms. The molecule has 0 saturated heterocycles. The summed E-state index contributed by atoms with van der Waals surface area (Å²) in [6.45, 7) is 0.555. The molecule has 0 saturated carbocycles. The summed E-state index contributed by atoms with van der Waals surface area (Å²) >= 11 is 3.42. The van der Waals surface area contributed by atoms with Crippen molar-refractivity contribution >= 4 is 15.9 Å². The van der Waals surface area contributed by atoms with E-state index in [-0.39, 0.29) is 17.7 Å². The Hall–Kier alpha value is -1.26. The number of fused-ring (bicyclic) bond motifs is 1. The predicted molar refractivity (Wildman–Crippen MR) is 78.4 cm³/mol. The van der Waals surface area contributed by atoms with Crippen LogP contribution in [0.2, 0.25) is 0 Å². The van der Waals surface area contributed by atoms with Crippen molar-refractivity contribution in [2.45, 2.75) is 25.4 Å².